The zero-order valence-corrected chi connectivity index (χ0v) is 14.2. The lowest BCUT2D eigenvalue weighted by Gasteiger charge is -2.16. The molecule has 0 aliphatic heterocycles. The first-order valence-corrected chi connectivity index (χ1v) is 8.59. The van der Waals surface area contributed by atoms with Crippen molar-refractivity contribution < 1.29 is 23.1 Å². The number of carboxylic acid groups (broad SMARTS) is 1. The molecule has 0 aliphatic rings. The number of methoxy groups -OCH3 is 1. The van der Waals surface area contributed by atoms with Crippen molar-refractivity contribution in [3.63, 3.8) is 0 Å². The Balaban J connectivity index is 2.89. The Bertz CT molecular complexity index is 630. The molecule has 1 rings (SSSR count). The van der Waals surface area contributed by atoms with Gasteiger partial charge in [0.25, 0.3) is 0 Å². The topological polar surface area (TPSA) is 92.7 Å². The van der Waals surface area contributed by atoms with Crippen LogP contribution in [0.25, 0.3) is 0 Å². The summed E-state index contributed by atoms with van der Waals surface area (Å²) in [5.74, 6) is -1.41. The Hall–Kier alpha value is -1.31. The van der Waals surface area contributed by atoms with E-state index in [-0.39, 0.29) is 23.1 Å². The molecule has 0 saturated carbocycles. The van der Waals surface area contributed by atoms with Gasteiger partial charge in [0.1, 0.15) is 5.75 Å². The largest absolute Gasteiger partial charge is 0.495 e. The quantitative estimate of drug-likeness (QED) is 0.751. The molecule has 0 bridgehead atoms. The fourth-order valence-corrected chi connectivity index (χ4v) is 3.23. The van der Waals surface area contributed by atoms with E-state index in [0.717, 1.165) is 0 Å². The van der Waals surface area contributed by atoms with Crippen LogP contribution < -0.4 is 9.46 Å². The predicted octanol–water partition coefficient (Wildman–Crippen LogP) is 2.37. The minimum Gasteiger partial charge on any atom is -0.495 e. The fraction of sp³-hybridized carbons (Fsp3) is 0.500. The Morgan fingerprint density at radius 1 is 1.41 bits per heavy atom. The van der Waals surface area contributed by atoms with Crippen LogP contribution in [0, 0.1) is 11.8 Å². The average molecular weight is 350 g/mol. The zero-order valence-electron chi connectivity index (χ0n) is 12.7. The van der Waals surface area contributed by atoms with Gasteiger partial charge in [-0.1, -0.05) is 25.4 Å². The van der Waals surface area contributed by atoms with Crippen molar-refractivity contribution in [2.75, 3.05) is 13.7 Å². The molecule has 124 valence electrons. The molecule has 0 spiro atoms. The number of hydrogen-bond acceptors (Lipinski definition) is 4. The number of carbonyl (C=O) groups is 1. The molecule has 0 heterocycles. The monoisotopic (exact) mass is 349 g/mol. The molecule has 0 aromatic heterocycles. The van der Waals surface area contributed by atoms with Gasteiger partial charge < -0.3 is 9.84 Å². The highest BCUT2D eigenvalue weighted by atomic mass is 35.5. The van der Waals surface area contributed by atoms with E-state index in [1.54, 1.807) is 0 Å². The van der Waals surface area contributed by atoms with Crippen molar-refractivity contribution >= 4 is 27.6 Å². The Labute approximate surface area is 135 Å². The summed E-state index contributed by atoms with van der Waals surface area (Å²) < 4.78 is 31.7. The Morgan fingerprint density at radius 2 is 2.05 bits per heavy atom. The van der Waals surface area contributed by atoms with Gasteiger partial charge in [0.2, 0.25) is 10.0 Å². The van der Waals surface area contributed by atoms with Gasteiger partial charge >= 0.3 is 5.97 Å². The molecule has 1 atom stereocenters. The lowest BCUT2D eigenvalue weighted by Crippen LogP contribution is -2.33. The molecule has 1 aromatic carbocycles. The van der Waals surface area contributed by atoms with Gasteiger partial charge in [-0.15, -0.1) is 0 Å². The van der Waals surface area contributed by atoms with Crippen molar-refractivity contribution in [1.29, 1.82) is 0 Å². The fourth-order valence-electron chi connectivity index (χ4n) is 1.94. The van der Waals surface area contributed by atoms with Gasteiger partial charge in [0, 0.05) is 12.6 Å². The van der Waals surface area contributed by atoms with E-state index < -0.39 is 21.9 Å². The van der Waals surface area contributed by atoms with Crippen LogP contribution in [0.1, 0.15) is 20.3 Å². The first-order chi connectivity index (χ1) is 10.2. The first kappa shape index (κ1) is 18.7. The van der Waals surface area contributed by atoms with E-state index >= 15 is 0 Å². The second kappa shape index (κ2) is 7.80. The zero-order chi connectivity index (χ0) is 16.9. The number of aliphatic carboxylic acids is 1. The predicted molar refractivity (Wildman–Crippen MR) is 83.8 cm³/mol. The minimum atomic E-state index is -3.83. The summed E-state index contributed by atoms with van der Waals surface area (Å²) in [6, 6.07) is 4.05. The molecule has 1 unspecified atom stereocenters. The SMILES string of the molecule is COc1cc(S(=O)(=O)NCC(CC(C)C)C(=O)O)ccc1Cl. The number of nitrogens with one attached hydrogen (secondary N) is 1. The average Bonchev–Trinajstić information content (AvgIpc) is 2.43. The summed E-state index contributed by atoms with van der Waals surface area (Å²) >= 11 is 5.85. The van der Waals surface area contributed by atoms with Crippen molar-refractivity contribution in [2.24, 2.45) is 11.8 Å². The van der Waals surface area contributed by atoms with Crippen LogP contribution in [-0.4, -0.2) is 33.1 Å². The summed E-state index contributed by atoms with van der Waals surface area (Å²) in [6.45, 7) is 3.60. The highest BCUT2D eigenvalue weighted by molar-refractivity contribution is 7.89. The Morgan fingerprint density at radius 3 is 2.55 bits per heavy atom. The lowest BCUT2D eigenvalue weighted by atomic mass is 9.98. The summed E-state index contributed by atoms with van der Waals surface area (Å²) in [4.78, 5) is 11.1. The molecular weight excluding hydrogens is 330 g/mol. The normalized spacial score (nSPS) is 13.1. The third-order valence-corrected chi connectivity index (χ3v) is 4.79. The van der Waals surface area contributed by atoms with Gasteiger partial charge in [-0.25, -0.2) is 13.1 Å². The summed E-state index contributed by atoms with van der Waals surface area (Å²) in [5.41, 5.74) is 0. The molecule has 6 nitrogen and oxygen atoms in total. The smallest absolute Gasteiger partial charge is 0.307 e. The summed E-state index contributed by atoms with van der Waals surface area (Å²) in [7, 11) is -2.44. The molecule has 1 aromatic rings. The van der Waals surface area contributed by atoms with Gasteiger partial charge in [0.15, 0.2) is 0 Å². The maximum atomic E-state index is 12.2. The second-order valence-electron chi connectivity index (χ2n) is 5.31. The maximum absolute atomic E-state index is 12.2. The molecule has 0 fully saturated rings. The van der Waals surface area contributed by atoms with Crippen molar-refractivity contribution in [2.45, 2.75) is 25.2 Å². The Kier molecular flexibility index (Phi) is 6.65. The number of carboxylic acids is 1. The van der Waals surface area contributed by atoms with E-state index in [1.165, 1.54) is 25.3 Å². The van der Waals surface area contributed by atoms with Crippen LogP contribution in [0.5, 0.6) is 5.75 Å². The van der Waals surface area contributed by atoms with Crippen LogP contribution in [-0.2, 0) is 14.8 Å². The van der Waals surface area contributed by atoms with Gasteiger partial charge in [-0.2, -0.15) is 0 Å². The highest BCUT2D eigenvalue weighted by Gasteiger charge is 2.23. The third-order valence-electron chi connectivity index (χ3n) is 3.06. The first-order valence-electron chi connectivity index (χ1n) is 6.73. The lowest BCUT2D eigenvalue weighted by molar-refractivity contribution is -0.142. The molecular formula is C14H20ClNO5S. The molecule has 8 heteroatoms. The standard InChI is InChI=1S/C14H20ClNO5S/c1-9(2)6-10(14(17)18)8-16-22(19,20)11-4-5-12(15)13(7-11)21-3/h4-5,7,9-10,16H,6,8H2,1-3H3,(H,17,18). The van der Waals surface area contributed by atoms with E-state index in [2.05, 4.69) is 4.72 Å². The number of ether oxygens (including phenoxy) is 1. The van der Waals surface area contributed by atoms with E-state index in [1.807, 2.05) is 13.8 Å². The van der Waals surface area contributed by atoms with E-state index in [4.69, 9.17) is 21.4 Å². The molecule has 0 amide bonds. The van der Waals surface area contributed by atoms with Crippen molar-refractivity contribution in [3.05, 3.63) is 23.2 Å². The number of benzene rings is 1. The second-order valence-corrected chi connectivity index (χ2v) is 7.49. The number of rotatable bonds is 8. The summed E-state index contributed by atoms with van der Waals surface area (Å²) in [6.07, 6.45) is 0.391. The van der Waals surface area contributed by atoms with Gasteiger partial charge in [-0.05, 0) is 24.5 Å². The van der Waals surface area contributed by atoms with Crippen LogP contribution in [0.2, 0.25) is 5.02 Å². The van der Waals surface area contributed by atoms with Gasteiger partial charge in [-0.3, -0.25) is 4.79 Å². The van der Waals surface area contributed by atoms with Crippen LogP contribution in [0.4, 0.5) is 0 Å². The summed E-state index contributed by atoms with van der Waals surface area (Å²) in [5, 5.41) is 9.43. The van der Waals surface area contributed by atoms with Gasteiger partial charge in [0.05, 0.1) is 22.9 Å². The van der Waals surface area contributed by atoms with Crippen LogP contribution in [0.15, 0.2) is 23.1 Å². The number of hydrogen-bond donors (Lipinski definition) is 2. The van der Waals surface area contributed by atoms with Crippen molar-refractivity contribution in [3.8, 4) is 5.75 Å². The molecule has 22 heavy (non-hydrogen) atoms. The molecule has 2 N–H and O–H groups in total. The molecule has 0 aliphatic carbocycles. The number of sulfonamides is 1. The van der Waals surface area contributed by atoms with Crippen LogP contribution in [0.3, 0.4) is 0 Å². The van der Waals surface area contributed by atoms with E-state index in [0.29, 0.717) is 11.4 Å². The highest BCUT2D eigenvalue weighted by Crippen LogP contribution is 2.27. The molecule has 0 saturated heterocycles. The van der Waals surface area contributed by atoms with E-state index in [9.17, 15) is 13.2 Å². The number of halogens is 1. The van der Waals surface area contributed by atoms with Crippen LogP contribution >= 0.6 is 11.6 Å². The maximum Gasteiger partial charge on any atom is 0.307 e. The minimum absolute atomic E-state index is 0.0255. The third kappa shape index (κ3) is 5.15. The van der Waals surface area contributed by atoms with Crippen molar-refractivity contribution in [1.82, 2.24) is 4.72 Å². The molecule has 0 radical (unpaired) electrons.